The zero-order chi connectivity index (χ0) is 14.5. The van der Waals surface area contributed by atoms with Crippen LogP contribution in [0.25, 0.3) is 0 Å². The number of methoxy groups -OCH3 is 1. The first-order valence-electron chi connectivity index (χ1n) is 5.85. The molecular formula is C13H18O5S. The van der Waals surface area contributed by atoms with Crippen LogP contribution in [0.1, 0.15) is 12.0 Å². The van der Waals surface area contributed by atoms with E-state index in [4.69, 9.17) is 9.84 Å². The highest BCUT2D eigenvalue weighted by Crippen LogP contribution is 2.18. The average Bonchev–Trinajstić information content (AvgIpc) is 2.33. The minimum atomic E-state index is -3.15. The Morgan fingerprint density at radius 2 is 2.11 bits per heavy atom. The molecule has 0 aromatic heterocycles. The number of benzene rings is 1. The Kier molecular flexibility index (Phi) is 5.35. The van der Waals surface area contributed by atoms with E-state index in [0.717, 1.165) is 11.8 Å². The average molecular weight is 286 g/mol. The molecule has 0 radical (unpaired) electrons. The van der Waals surface area contributed by atoms with Crippen molar-refractivity contribution in [2.75, 3.05) is 19.1 Å². The molecule has 1 aromatic carbocycles. The molecule has 0 spiro atoms. The maximum Gasteiger partial charge on any atom is 0.306 e. The molecule has 0 fully saturated rings. The van der Waals surface area contributed by atoms with Gasteiger partial charge in [0, 0.05) is 6.26 Å². The Hall–Kier alpha value is -1.56. The van der Waals surface area contributed by atoms with Gasteiger partial charge in [-0.2, -0.15) is 0 Å². The number of ether oxygens (including phenoxy) is 1. The lowest BCUT2D eigenvalue weighted by atomic mass is 9.97. The fourth-order valence-electron chi connectivity index (χ4n) is 1.75. The van der Waals surface area contributed by atoms with Crippen molar-refractivity contribution in [3.63, 3.8) is 0 Å². The van der Waals surface area contributed by atoms with E-state index >= 15 is 0 Å². The highest BCUT2D eigenvalue weighted by atomic mass is 32.2. The van der Waals surface area contributed by atoms with Crippen molar-refractivity contribution >= 4 is 15.8 Å². The Morgan fingerprint density at radius 3 is 2.63 bits per heavy atom. The third-order valence-electron chi connectivity index (χ3n) is 2.80. The van der Waals surface area contributed by atoms with Crippen LogP contribution in [0.5, 0.6) is 5.75 Å². The lowest BCUT2D eigenvalue weighted by Crippen LogP contribution is -2.20. The summed E-state index contributed by atoms with van der Waals surface area (Å²) < 4.78 is 27.3. The summed E-state index contributed by atoms with van der Waals surface area (Å²) in [5, 5.41) is 9.13. The van der Waals surface area contributed by atoms with Gasteiger partial charge in [0.1, 0.15) is 15.6 Å². The molecule has 1 aromatic rings. The van der Waals surface area contributed by atoms with Gasteiger partial charge in [0.05, 0.1) is 18.8 Å². The number of carboxylic acid groups (broad SMARTS) is 1. The number of carboxylic acids is 1. The first-order chi connectivity index (χ1) is 8.81. The van der Waals surface area contributed by atoms with E-state index in [0.29, 0.717) is 12.2 Å². The van der Waals surface area contributed by atoms with Gasteiger partial charge in [0.2, 0.25) is 0 Å². The first-order valence-corrected chi connectivity index (χ1v) is 7.91. The minimum absolute atomic E-state index is 0.116. The third-order valence-corrected chi connectivity index (χ3v) is 3.78. The zero-order valence-electron chi connectivity index (χ0n) is 11.0. The fourth-order valence-corrected chi connectivity index (χ4v) is 2.47. The number of hydrogen-bond acceptors (Lipinski definition) is 4. The predicted octanol–water partition coefficient (Wildman–Crippen LogP) is 1.37. The van der Waals surface area contributed by atoms with Gasteiger partial charge in [-0.05, 0) is 30.5 Å². The largest absolute Gasteiger partial charge is 0.497 e. The van der Waals surface area contributed by atoms with E-state index in [9.17, 15) is 13.2 Å². The highest BCUT2D eigenvalue weighted by molar-refractivity contribution is 7.90. The van der Waals surface area contributed by atoms with Crippen LogP contribution in [0.2, 0.25) is 0 Å². The number of rotatable bonds is 7. The minimum Gasteiger partial charge on any atom is -0.497 e. The molecule has 0 amide bonds. The van der Waals surface area contributed by atoms with Crippen LogP contribution in [0.3, 0.4) is 0 Å². The molecule has 0 aliphatic heterocycles. The summed E-state index contributed by atoms with van der Waals surface area (Å²) in [4.78, 5) is 11.1. The second-order valence-electron chi connectivity index (χ2n) is 4.51. The molecule has 1 rings (SSSR count). The molecule has 0 saturated carbocycles. The summed E-state index contributed by atoms with van der Waals surface area (Å²) >= 11 is 0. The van der Waals surface area contributed by atoms with Crippen LogP contribution in [-0.4, -0.2) is 38.6 Å². The summed E-state index contributed by atoms with van der Waals surface area (Å²) in [7, 11) is -1.61. The summed E-state index contributed by atoms with van der Waals surface area (Å²) in [6.45, 7) is 0. The lowest BCUT2D eigenvalue weighted by Gasteiger charge is -2.12. The molecule has 6 heteroatoms. The molecule has 106 valence electrons. The van der Waals surface area contributed by atoms with Gasteiger partial charge in [0.15, 0.2) is 0 Å². The highest BCUT2D eigenvalue weighted by Gasteiger charge is 2.20. The Balaban J connectivity index is 2.75. The Morgan fingerprint density at radius 1 is 1.42 bits per heavy atom. The number of carbonyl (C=O) groups is 1. The van der Waals surface area contributed by atoms with Crippen LogP contribution in [-0.2, 0) is 21.1 Å². The van der Waals surface area contributed by atoms with E-state index in [2.05, 4.69) is 0 Å². The molecular weight excluding hydrogens is 268 g/mol. The van der Waals surface area contributed by atoms with Crippen molar-refractivity contribution in [3.05, 3.63) is 29.8 Å². The predicted molar refractivity (Wildman–Crippen MR) is 72.2 cm³/mol. The van der Waals surface area contributed by atoms with Gasteiger partial charge < -0.3 is 9.84 Å². The number of aliphatic carboxylic acids is 1. The van der Waals surface area contributed by atoms with E-state index < -0.39 is 21.7 Å². The molecule has 0 aliphatic carbocycles. The first kappa shape index (κ1) is 15.5. The standard InChI is InChI=1S/C13H18O5S/c1-18-12-5-3-4-10(9-12)8-11(13(14)15)6-7-19(2,16)17/h3-5,9,11H,6-8H2,1-2H3,(H,14,15). The molecule has 1 N–H and O–H groups in total. The summed E-state index contributed by atoms with van der Waals surface area (Å²) in [5.41, 5.74) is 0.820. The van der Waals surface area contributed by atoms with Gasteiger partial charge in [-0.1, -0.05) is 12.1 Å². The second kappa shape index (κ2) is 6.56. The van der Waals surface area contributed by atoms with Crippen LogP contribution >= 0.6 is 0 Å². The van der Waals surface area contributed by atoms with Crippen LogP contribution in [0.15, 0.2) is 24.3 Å². The van der Waals surface area contributed by atoms with Crippen molar-refractivity contribution < 1.29 is 23.1 Å². The van der Waals surface area contributed by atoms with Crippen LogP contribution < -0.4 is 4.74 Å². The summed E-state index contributed by atoms with van der Waals surface area (Å²) in [5.74, 6) is -1.15. The van der Waals surface area contributed by atoms with Crippen molar-refractivity contribution in [1.29, 1.82) is 0 Å². The maximum absolute atomic E-state index is 11.1. The van der Waals surface area contributed by atoms with E-state index in [1.54, 1.807) is 24.3 Å². The molecule has 0 bridgehead atoms. The Labute approximate surface area is 113 Å². The van der Waals surface area contributed by atoms with Gasteiger partial charge in [0.25, 0.3) is 0 Å². The molecule has 0 saturated heterocycles. The fraction of sp³-hybridized carbons (Fsp3) is 0.462. The molecule has 1 atom stereocenters. The second-order valence-corrected chi connectivity index (χ2v) is 6.77. The van der Waals surface area contributed by atoms with Crippen LogP contribution in [0, 0.1) is 5.92 Å². The van der Waals surface area contributed by atoms with Crippen molar-refractivity contribution in [3.8, 4) is 5.75 Å². The van der Waals surface area contributed by atoms with Gasteiger partial charge in [-0.3, -0.25) is 4.79 Å². The van der Waals surface area contributed by atoms with E-state index in [1.807, 2.05) is 0 Å². The lowest BCUT2D eigenvalue weighted by molar-refractivity contribution is -0.141. The normalized spacial score (nSPS) is 12.9. The monoisotopic (exact) mass is 286 g/mol. The molecule has 19 heavy (non-hydrogen) atoms. The summed E-state index contributed by atoms with van der Waals surface area (Å²) in [6, 6.07) is 7.12. The van der Waals surface area contributed by atoms with Crippen molar-refractivity contribution in [1.82, 2.24) is 0 Å². The van der Waals surface area contributed by atoms with Crippen molar-refractivity contribution in [2.24, 2.45) is 5.92 Å². The van der Waals surface area contributed by atoms with Gasteiger partial charge in [-0.25, -0.2) is 8.42 Å². The SMILES string of the molecule is COc1cccc(CC(CCS(C)(=O)=O)C(=O)O)c1. The number of hydrogen-bond donors (Lipinski definition) is 1. The van der Waals surface area contributed by atoms with Gasteiger partial charge in [-0.15, -0.1) is 0 Å². The van der Waals surface area contributed by atoms with Crippen molar-refractivity contribution in [2.45, 2.75) is 12.8 Å². The third kappa shape index (κ3) is 5.74. The zero-order valence-corrected chi connectivity index (χ0v) is 11.8. The van der Waals surface area contributed by atoms with Crippen LogP contribution in [0.4, 0.5) is 0 Å². The van der Waals surface area contributed by atoms with E-state index in [-0.39, 0.29) is 12.2 Å². The van der Waals surface area contributed by atoms with E-state index in [1.165, 1.54) is 7.11 Å². The molecule has 0 aliphatic rings. The number of sulfone groups is 1. The quantitative estimate of drug-likeness (QED) is 0.819. The summed E-state index contributed by atoms with van der Waals surface area (Å²) in [6.07, 6.45) is 1.52. The molecule has 0 heterocycles. The smallest absolute Gasteiger partial charge is 0.306 e. The molecule has 1 unspecified atom stereocenters. The maximum atomic E-state index is 11.1. The molecule has 5 nitrogen and oxygen atoms in total. The Bertz CT molecular complexity index is 536. The van der Waals surface area contributed by atoms with Gasteiger partial charge >= 0.3 is 5.97 Å². The topological polar surface area (TPSA) is 80.7 Å².